The molecule has 11 nitrogen and oxygen atoms in total. The van der Waals surface area contributed by atoms with Gasteiger partial charge in [-0.05, 0) is 48.5 Å². The summed E-state index contributed by atoms with van der Waals surface area (Å²) < 4.78 is 25.5. The summed E-state index contributed by atoms with van der Waals surface area (Å²) in [6.07, 6.45) is 4.65. The van der Waals surface area contributed by atoms with E-state index in [4.69, 9.17) is 29.1 Å². The van der Waals surface area contributed by atoms with Gasteiger partial charge in [0.15, 0.2) is 18.3 Å². The largest absolute Gasteiger partial charge is 0.493 e. The highest BCUT2D eigenvalue weighted by atomic mass is 16.7. The van der Waals surface area contributed by atoms with Crippen molar-refractivity contribution >= 4 is 35.2 Å². The Bertz CT molecular complexity index is 1220. The maximum atomic E-state index is 12.5. The summed E-state index contributed by atoms with van der Waals surface area (Å²) in [5.41, 5.74) is 1.91. The van der Waals surface area contributed by atoms with Gasteiger partial charge in [0.05, 0.1) is 33.0 Å². The molecular weight excluding hydrogens is 480 g/mol. The van der Waals surface area contributed by atoms with Crippen molar-refractivity contribution < 1.29 is 33.3 Å². The van der Waals surface area contributed by atoms with E-state index in [-0.39, 0.29) is 12.5 Å². The summed E-state index contributed by atoms with van der Waals surface area (Å²) in [6.45, 7) is 0.521. The van der Waals surface area contributed by atoms with Crippen molar-refractivity contribution in [2.45, 2.75) is 0 Å². The fraction of sp³-hybridized carbons (Fsp3) is 0.231. The zero-order valence-corrected chi connectivity index (χ0v) is 20.7. The van der Waals surface area contributed by atoms with Crippen LogP contribution in [0.25, 0.3) is 5.70 Å². The third kappa shape index (κ3) is 7.75. The molecule has 1 aliphatic rings. The molecule has 37 heavy (non-hydrogen) atoms. The molecule has 0 saturated heterocycles. The van der Waals surface area contributed by atoms with Crippen LogP contribution in [-0.4, -0.2) is 65.1 Å². The van der Waals surface area contributed by atoms with Crippen LogP contribution in [-0.2, 0) is 19.0 Å². The van der Waals surface area contributed by atoms with E-state index in [1.807, 2.05) is 6.07 Å². The third-order valence-corrected chi connectivity index (χ3v) is 5.02. The van der Waals surface area contributed by atoms with Crippen molar-refractivity contribution in [2.75, 3.05) is 46.7 Å². The number of nitrogens with zero attached hydrogens (tertiary/aromatic N) is 1. The highest BCUT2D eigenvalue weighted by molar-refractivity contribution is 6.46. The van der Waals surface area contributed by atoms with Gasteiger partial charge >= 0.3 is 5.97 Å². The summed E-state index contributed by atoms with van der Waals surface area (Å²) in [4.78, 5) is 28.7. The average Bonchev–Trinajstić information content (AvgIpc) is 2.92. The van der Waals surface area contributed by atoms with E-state index in [1.54, 1.807) is 45.8 Å². The topological polar surface area (TPSA) is 141 Å². The molecule has 2 aromatic carbocycles. The molecular formula is C26H28N4O7. The minimum absolute atomic E-state index is 0.189. The first-order valence-electron chi connectivity index (χ1n) is 11.1. The molecule has 0 aliphatic carbocycles. The van der Waals surface area contributed by atoms with Crippen LogP contribution in [0.15, 0.2) is 65.4 Å². The molecule has 0 spiro atoms. The fourth-order valence-corrected chi connectivity index (χ4v) is 3.12. The van der Waals surface area contributed by atoms with Crippen molar-refractivity contribution in [3.63, 3.8) is 0 Å². The van der Waals surface area contributed by atoms with Gasteiger partial charge in [-0.25, -0.2) is 9.79 Å². The predicted molar refractivity (Wildman–Crippen MR) is 138 cm³/mol. The molecule has 0 unspecified atom stereocenters. The first kappa shape index (κ1) is 27.1. The van der Waals surface area contributed by atoms with Gasteiger partial charge in [0.25, 0.3) is 5.91 Å². The van der Waals surface area contributed by atoms with Gasteiger partial charge in [-0.3, -0.25) is 10.2 Å². The van der Waals surface area contributed by atoms with E-state index in [2.05, 4.69) is 15.6 Å². The lowest BCUT2D eigenvalue weighted by molar-refractivity contribution is -0.110. The number of nitrogens with one attached hydrogen (secondary N) is 3. The maximum Gasteiger partial charge on any atom is 0.340 e. The van der Waals surface area contributed by atoms with Crippen LogP contribution in [0.1, 0.15) is 15.9 Å². The van der Waals surface area contributed by atoms with Crippen molar-refractivity contribution in [1.29, 1.82) is 5.41 Å². The van der Waals surface area contributed by atoms with Gasteiger partial charge in [0, 0.05) is 36.3 Å². The van der Waals surface area contributed by atoms with Crippen LogP contribution in [0, 0.1) is 5.41 Å². The van der Waals surface area contributed by atoms with Gasteiger partial charge in [0.1, 0.15) is 11.5 Å². The molecule has 0 fully saturated rings. The Morgan fingerprint density at radius 3 is 2.49 bits per heavy atom. The first-order chi connectivity index (χ1) is 17.9. The van der Waals surface area contributed by atoms with E-state index >= 15 is 0 Å². The summed E-state index contributed by atoms with van der Waals surface area (Å²) in [7, 11) is 4.66. The predicted octanol–water partition coefficient (Wildman–Crippen LogP) is 3.00. The van der Waals surface area contributed by atoms with Crippen molar-refractivity contribution in [3.05, 3.63) is 71.6 Å². The molecule has 0 aromatic heterocycles. The number of amides is 1. The number of benzene rings is 2. The lowest BCUT2D eigenvalue weighted by atomic mass is 10.1. The molecule has 1 heterocycles. The lowest BCUT2D eigenvalue weighted by Gasteiger charge is -2.16. The molecule has 3 N–H and O–H groups in total. The van der Waals surface area contributed by atoms with Crippen LogP contribution < -0.4 is 20.1 Å². The molecule has 1 amide bonds. The number of ether oxygens (including phenoxy) is 5. The molecule has 0 atom stereocenters. The number of carbonyl (C=O) groups is 2. The molecule has 0 radical (unpaired) electrons. The first-order valence-corrected chi connectivity index (χ1v) is 11.1. The number of carbonyl (C=O) groups excluding carboxylic acids is 2. The van der Waals surface area contributed by atoms with E-state index in [0.29, 0.717) is 47.5 Å². The molecule has 11 heteroatoms. The highest BCUT2D eigenvalue weighted by Crippen LogP contribution is 2.30. The van der Waals surface area contributed by atoms with Crippen LogP contribution >= 0.6 is 0 Å². The standard InChI is InChI=1S/C26H28N4O7/c1-33-12-13-36-16-37-26(32)17-4-7-19(8-5-17)29-25(31)20(27)15-24-28-11-10-21(30-24)18-6-9-22(34-2)23(14-18)35-3/h4-11,14-15,27,30H,12-13,16H2,1-3H3,(H,29,31)/b24-15-,27-20?. The van der Waals surface area contributed by atoms with E-state index in [1.165, 1.54) is 30.3 Å². The molecule has 3 rings (SSSR count). The number of hydrogen-bond acceptors (Lipinski definition) is 10. The third-order valence-electron chi connectivity index (χ3n) is 5.02. The monoisotopic (exact) mass is 508 g/mol. The average molecular weight is 509 g/mol. The lowest BCUT2D eigenvalue weighted by Crippen LogP contribution is -2.23. The Hall–Kier alpha value is -4.48. The van der Waals surface area contributed by atoms with Gasteiger partial charge < -0.3 is 34.3 Å². The number of esters is 1. The quantitative estimate of drug-likeness (QED) is 0.172. The molecule has 0 bridgehead atoms. The smallest absolute Gasteiger partial charge is 0.340 e. The molecule has 1 aliphatic heterocycles. The van der Waals surface area contributed by atoms with Gasteiger partial charge in [0.2, 0.25) is 0 Å². The number of rotatable bonds is 12. The zero-order chi connectivity index (χ0) is 26.6. The van der Waals surface area contributed by atoms with Crippen molar-refractivity contribution in [2.24, 2.45) is 4.99 Å². The number of hydrogen-bond donors (Lipinski definition) is 3. The van der Waals surface area contributed by atoms with Gasteiger partial charge in [-0.15, -0.1) is 0 Å². The SMILES string of the molecule is COCCOCOC(=O)c1ccc(NC(=O)C(=N)/C=C2/N=CC=C(c3ccc(OC)c(OC)c3)N2)cc1. The normalized spacial score (nSPS) is 13.4. The van der Waals surface area contributed by atoms with Crippen LogP contribution in [0.4, 0.5) is 5.69 Å². The second-order valence-corrected chi connectivity index (χ2v) is 7.48. The Morgan fingerprint density at radius 1 is 1.03 bits per heavy atom. The Morgan fingerprint density at radius 2 is 1.78 bits per heavy atom. The summed E-state index contributed by atoms with van der Waals surface area (Å²) in [6, 6.07) is 11.5. The van der Waals surface area contributed by atoms with E-state index in [9.17, 15) is 9.59 Å². The molecule has 194 valence electrons. The Balaban J connectivity index is 1.56. The van der Waals surface area contributed by atoms with E-state index in [0.717, 1.165) is 5.56 Å². The molecule has 2 aromatic rings. The maximum absolute atomic E-state index is 12.5. The number of allylic oxidation sites excluding steroid dienone is 1. The Labute approximate surface area is 214 Å². The highest BCUT2D eigenvalue weighted by Gasteiger charge is 2.14. The molecule has 0 saturated carbocycles. The van der Waals surface area contributed by atoms with Crippen molar-refractivity contribution in [1.82, 2.24) is 5.32 Å². The van der Waals surface area contributed by atoms with E-state index < -0.39 is 11.9 Å². The Kier molecular flexibility index (Phi) is 9.94. The van der Waals surface area contributed by atoms with Crippen LogP contribution in [0.2, 0.25) is 0 Å². The minimum atomic E-state index is -0.645. The van der Waals surface area contributed by atoms with Gasteiger partial charge in [-0.2, -0.15) is 0 Å². The summed E-state index contributed by atoms with van der Waals surface area (Å²) >= 11 is 0. The second-order valence-electron chi connectivity index (χ2n) is 7.48. The number of aliphatic imine (C=N–C) groups is 1. The summed E-state index contributed by atoms with van der Waals surface area (Å²) in [5, 5.41) is 13.9. The van der Waals surface area contributed by atoms with Crippen LogP contribution in [0.3, 0.4) is 0 Å². The number of anilines is 1. The summed E-state index contributed by atoms with van der Waals surface area (Å²) in [5.74, 6) is 0.277. The van der Waals surface area contributed by atoms with Crippen LogP contribution in [0.5, 0.6) is 11.5 Å². The van der Waals surface area contributed by atoms with Crippen molar-refractivity contribution in [3.8, 4) is 11.5 Å². The fourth-order valence-electron chi connectivity index (χ4n) is 3.12. The number of methoxy groups -OCH3 is 3. The zero-order valence-electron chi connectivity index (χ0n) is 20.7. The minimum Gasteiger partial charge on any atom is -0.493 e. The second kappa shape index (κ2) is 13.6. The van der Waals surface area contributed by atoms with Gasteiger partial charge in [-0.1, -0.05) is 0 Å².